The number of benzene rings is 1. The van der Waals surface area contributed by atoms with Crippen molar-refractivity contribution in [2.24, 2.45) is 5.92 Å². The first kappa shape index (κ1) is 15.7. The van der Waals surface area contributed by atoms with Crippen molar-refractivity contribution in [1.29, 1.82) is 0 Å². The van der Waals surface area contributed by atoms with Gasteiger partial charge in [0, 0.05) is 11.4 Å². The van der Waals surface area contributed by atoms with Crippen LogP contribution in [0.25, 0.3) is 10.9 Å². The Balaban J connectivity index is 1.83. The lowest BCUT2D eigenvalue weighted by atomic mass is 9.95. The van der Waals surface area contributed by atoms with Crippen molar-refractivity contribution in [1.82, 2.24) is 20.6 Å². The van der Waals surface area contributed by atoms with Gasteiger partial charge >= 0.3 is 0 Å². The number of hydrogen-bond donors (Lipinski definition) is 3. The van der Waals surface area contributed by atoms with Crippen LogP contribution in [0.3, 0.4) is 0 Å². The van der Waals surface area contributed by atoms with Crippen molar-refractivity contribution in [3.8, 4) is 0 Å². The number of rotatable bonds is 3. The van der Waals surface area contributed by atoms with Crippen LogP contribution in [0.2, 0.25) is 0 Å². The highest BCUT2D eigenvalue weighted by Gasteiger charge is 2.32. The first-order valence-electron chi connectivity index (χ1n) is 8.06. The Labute approximate surface area is 136 Å². The maximum atomic E-state index is 12.1. The fourth-order valence-corrected chi connectivity index (χ4v) is 3.11. The summed E-state index contributed by atoms with van der Waals surface area (Å²) in [5, 5.41) is 10.5. The molecule has 1 aromatic heterocycles. The molecule has 3 unspecified atom stereocenters. The highest BCUT2D eigenvalue weighted by Crippen LogP contribution is 2.19. The minimum atomic E-state index is -0.359. The number of nitrogens with zero attached hydrogens (tertiary/aromatic N) is 2. The van der Waals surface area contributed by atoms with Gasteiger partial charge in [-0.2, -0.15) is 0 Å². The lowest BCUT2D eigenvalue weighted by Gasteiger charge is -2.35. The molecule has 3 atom stereocenters. The molecule has 3 rings (SSSR count). The topological polar surface area (TPSA) is 78.9 Å². The number of amides is 1. The summed E-state index contributed by atoms with van der Waals surface area (Å²) in [6.07, 6.45) is 0.458. The van der Waals surface area contributed by atoms with Crippen molar-refractivity contribution in [3.05, 3.63) is 29.5 Å². The average molecular weight is 313 g/mol. The molecule has 0 saturated carbocycles. The Morgan fingerprint density at radius 1 is 1.26 bits per heavy atom. The molecule has 0 aliphatic carbocycles. The molecule has 1 amide bonds. The van der Waals surface area contributed by atoms with Crippen molar-refractivity contribution in [2.75, 3.05) is 5.32 Å². The van der Waals surface area contributed by atoms with Gasteiger partial charge in [0.15, 0.2) is 6.29 Å². The number of anilines is 1. The maximum absolute atomic E-state index is 12.1. The van der Waals surface area contributed by atoms with Crippen molar-refractivity contribution in [2.45, 2.75) is 46.4 Å². The first-order chi connectivity index (χ1) is 11.0. The Morgan fingerprint density at radius 2 is 2.04 bits per heavy atom. The molecule has 2 aromatic rings. The van der Waals surface area contributed by atoms with Crippen LogP contribution < -0.4 is 16.0 Å². The highest BCUT2D eigenvalue weighted by atomic mass is 16.2. The monoisotopic (exact) mass is 313 g/mol. The summed E-state index contributed by atoms with van der Waals surface area (Å²) in [5.74, 6) is 0.570. The Bertz CT molecular complexity index is 745. The third-order valence-electron chi connectivity index (χ3n) is 4.41. The van der Waals surface area contributed by atoms with Gasteiger partial charge in [0.05, 0.1) is 17.1 Å². The van der Waals surface area contributed by atoms with Gasteiger partial charge in [-0.25, -0.2) is 9.97 Å². The molecule has 0 radical (unpaired) electrons. The van der Waals surface area contributed by atoms with Crippen LogP contribution in [0.4, 0.5) is 5.95 Å². The number of hydrogen-bond acceptors (Lipinski definition) is 5. The van der Waals surface area contributed by atoms with Crippen molar-refractivity contribution in [3.63, 3.8) is 0 Å². The molecular weight excluding hydrogens is 290 g/mol. The zero-order valence-electron chi connectivity index (χ0n) is 14.0. The van der Waals surface area contributed by atoms with Crippen LogP contribution in [0, 0.1) is 19.8 Å². The van der Waals surface area contributed by atoms with E-state index in [1.54, 1.807) is 0 Å². The number of aromatic nitrogens is 2. The first-order valence-corrected chi connectivity index (χ1v) is 8.06. The van der Waals surface area contributed by atoms with Gasteiger partial charge in [-0.05, 0) is 38.8 Å². The SMILES string of the molecule is CCC1C(=O)NC(Nc2nc(C)c3ccc(C)cc3n2)NC1C. The van der Waals surface area contributed by atoms with Crippen LogP contribution in [0.15, 0.2) is 18.2 Å². The fourth-order valence-electron chi connectivity index (χ4n) is 3.11. The quantitative estimate of drug-likeness (QED) is 0.808. The van der Waals surface area contributed by atoms with Crippen LogP contribution in [0.1, 0.15) is 31.5 Å². The molecule has 6 nitrogen and oxygen atoms in total. The summed E-state index contributed by atoms with van der Waals surface area (Å²) in [4.78, 5) is 21.2. The van der Waals surface area contributed by atoms with E-state index in [-0.39, 0.29) is 24.2 Å². The second-order valence-corrected chi connectivity index (χ2v) is 6.21. The van der Waals surface area contributed by atoms with E-state index >= 15 is 0 Å². The maximum Gasteiger partial charge on any atom is 0.227 e. The average Bonchev–Trinajstić information content (AvgIpc) is 2.46. The summed E-state index contributed by atoms with van der Waals surface area (Å²) in [7, 11) is 0. The number of carbonyl (C=O) groups excluding carboxylic acids is 1. The summed E-state index contributed by atoms with van der Waals surface area (Å²) in [6, 6.07) is 6.24. The highest BCUT2D eigenvalue weighted by molar-refractivity contribution is 5.83. The molecule has 3 N–H and O–H groups in total. The molecule has 1 aliphatic rings. The number of nitrogens with one attached hydrogen (secondary N) is 3. The fraction of sp³-hybridized carbons (Fsp3) is 0.471. The Morgan fingerprint density at radius 3 is 2.74 bits per heavy atom. The van der Waals surface area contributed by atoms with Crippen LogP contribution in [-0.2, 0) is 4.79 Å². The minimum Gasteiger partial charge on any atom is -0.323 e. The normalized spacial score (nSPS) is 24.5. The van der Waals surface area contributed by atoms with E-state index in [0.717, 1.165) is 28.6 Å². The van der Waals surface area contributed by atoms with Gasteiger partial charge < -0.3 is 10.6 Å². The Hall–Kier alpha value is -2.21. The lowest BCUT2D eigenvalue weighted by molar-refractivity contribution is -0.129. The largest absolute Gasteiger partial charge is 0.323 e. The van der Waals surface area contributed by atoms with E-state index in [1.807, 2.05) is 39.8 Å². The summed E-state index contributed by atoms with van der Waals surface area (Å²) >= 11 is 0. The molecule has 1 saturated heterocycles. The van der Waals surface area contributed by atoms with E-state index in [1.165, 1.54) is 0 Å². The van der Waals surface area contributed by atoms with Gasteiger partial charge in [0.2, 0.25) is 11.9 Å². The van der Waals surface area contributed by atoms with Crippen molar-refractivity contribution < 1.29 is 4.79 Å². The third-order valence-corrected chi connectivity index (χ3v) is 4.41. The lowest BCUT2D eigenvalue weighted by Crippen LogP contribution is -2.63. The van der Waals surface area contributed by atoms with E-state index in [9.17, 15) is 4.79 Å². The van der Waals surface area contributed by atoms with Gasteiger partial charge in [-0.15, -0.1) is 0 Å². The molecule has 0 bridgehead atoms. The minimum absolute atomic E-state index is 0.00467. The zero-order valence-corrected chi connectivity index (χ0v) is 14.0. The van der Waals surface area contributed by atoms with Gasteiger partial charge in [-0.3, -0.25) is 10.1 Å². The standard InChI is InChI=1S/C17H23N5O/c1-5-12-10(3)18-17(21-15(12)23)22-16-19-11(4)13-7-6-9(2)8-14(13)20-16/h6-8,10,12,17-18H,5H2,1-4H3,(H,21,23)(H,19,20,22). The van der Waals surface area contributed by atoms with E-state index in [2.05, 4.69) is 32.0 Å². The van der Waals surface area contributed by atoms with Crippen LogP contribution in [-0.4, -0.2) is 28.2 Å². The van der Waals surface area contributed by atoms with E-state index in [4.69, 9.17) is 0 Å². The second-order valence-electron chi connectivity index (χ2n) is 6.21. The Kier molecular flexibility index (Phi) is 4.17. The molecule has 1 aromatic carbocycles. The summed E-state index contributed by atoms with van der Waals surface area (Å²) < 4.78 is 0. The molecule has 122 valence electrons. The second kappa shape index (κ2) is 6.12. The molecule has 0 spiro atoms. The van der Waals surface area contributed by atoms with E-state index in [0.29, 0.717) is 5.95 Å². The third kappa shape index (κ3) is 3.12. The number of fused-ring (bicyclic) bond motifs is 1. The van der Waals surface area contributed by atoms with Crippen LogP contribution >= 0.6 is 0 Å². The molecule has 23 heavy (non-hydrogen) atoms. The van der Waals surface area contributed by atoms with Crippen molar-refractivity contribution >= 4 is 22.8 Å². The van der Waals surface area contributed by atoms with E-state index < -0.39 is 0 Å². The van der Waals surface area contributed by atoms with Gasteiger partial charge in [0.1, 0.15) is 0 Å². The number of carbonyl (C=O) groups is 1. The zero-order chi connectivity index (χ0) is 16.6. The van der Waals surface area contributed by atoms with Gasteiger partial charge in [-0.1, -0.05) is 19.1 Å². The molecule has 6 heteroatoms. The summed E-state index contributed by atoms with van der Waals surface area (Å²) in [6.45, 7) is 8.05. The smallest absolute Gasteiger partial charge is 0.227 e. The predicted octanol–water partition coefficient (Wildman–Crippen LogP) is 2.08. The molecule has 2 heterocycles. The summed E-state index contributed by atoms with van der Waals surface area (Å²) in [5.41, 5.74) is 2.98. The molecule has 1 aliphatic heterocycles. The van der Waals surface area contributed by atoms with Crippen LogP contribution in [0.5, 0.6) is 0 Å². The van der Waals surface area contributed by atoms with Gasteiger partial charge in [0.25, 0.3) is 0 Å². The molecule has 1 fully saturated rings. The number of aryl methyl sites for hydroxylation is 2. The predicted molar refractivity (Wildman–Crippen MR) is 90.9 cm³/mol. The molecular formula is C17H23N5O.